The lowest BCUT2D eigenvalue weighted by atomic mass is 10.3. The molecule has 0 fully saturated rings. The molecular weight excluding hydrogens is 320 g/mol. The fourth-order valence-electron chi connectivity index (χ4n) is 1.37. The summed E-state index contributed by atoms with van der Waals surface area (Å²) in [5, 5.41) is 0. The number of ether oxygens (including phenoxy) is 1. The van der Waals surface area contributed by atoms with Crippen LogP contribution in [0, 0.1) is 0 Å². The standard InChI is InChI=1S/C11H17BrN2O3S/c1-2-17-7-3-6-14-18(15,16)11-5-4-9(12)8-10(11)13/h4-5,8,14H,2-3,6-7,13H2,1H3. The average Bonchev–Trinajstić information content (AvgIpc) is 2.28. The summed E-state index contributed by atoms with van der Waals surface area (Å²) < 4.78 is 32.3. The highest BCUT2D eigenvalue weighted by Gasteiger charge is 2.16. The second kappa shape index (κ2) is 7.08. The van der Waals surface area contributed by atoms with Crippen molar-refractivity contribution in [2.75, 3.05) is 25.5 Å². The van der Waals surface area contributed by atoms with Crippen LogP contribution >= 0.6 is 15.9 Å². The van der Waals surface area contributed by atoms with Crippen LogP contribution in [0.25, 0.3) is 0 Å². The van der Waals surface area contributed by atoms with Crippen LogP contribution in [-0.2, 0) is 14.8 Å². The first kappa shape index (κ1) is 15.4. The van der Waals surface area contributed by atoms with Crippen molar-refractivity contribution < 1.29 is 13.2 Å². The molecule has 5 nitrogen and oxygen atoms in total. The van der Waals surface area contributed by atoms with E-state index in [0.717, 1.165) is 4.47 Å². The minimum Gasteiger partial charge on any atom is -0.398 e. The van der Waals surface area contributed by atoms with E-state index in [9.17, 15) is 8.42 Å². The highest BCUT2D eigenvalue weighted by molar-refractivity contribution is 9.10. The molecule has 1 rings (SSSR count). The maximum Gasteiger partial charge on any atom is 0.242 e. The SMILES string of the molecule is CCOCCCNS(=O)(=O)c1ccc(Br)cc1N. The van der Waals surface area contributed by atoms with Crippen LogP contribution in [0.15, 0.2) is 27.6 Å². The Morgan fingerprint density at radius 3 is 2.78 bits per heavy atom. The molecule has 0 aliphatic carbocycles. The summed E-state index contributed by atoms with van der Waals surface area (Å²) in [6, 6.07) is 4.68. The molecule has 0 saturated heterocycles. The summed E-state index contributed by atoms with van der Waals surface area (Å²) in [5.41, 5.74) is 5.91. The molecule has 1 aromatic rings. The van der Waals surface area contributed by atoms with Crippen LogP contribution in [0.4, 0.5) is 5.69 Å². The largest absolute Gasteiger partial charge is 0.398 e. The lowest BCUT2D eigenvalue weighted by molar-refractivity contribution is 0.146. The zero-order valence-electron chi connectivity index (χ0n) is 10.1. The van der Waals surface area contributed by atoms with Crippen molar-refractivity contribution in [2.24, 2.45) is 0 Å². The van der Waals surface area contributed by atoms with E-state index in [1.54, 1.807) is 12.1 Å². The molecule has 0 aromatic heterocycles. The molecular formula is C11H17BrN2O3S. The maximum atomic E-state index is 11.9. The van der Waals surface area contributed by atoms with E-state index in [4.69, 9.17) is 10.5 Å². The third-order valence-corrected chi connectivity index (χ3v) is 4.25. The summed E-state index contributed by atoms with van der Waals surface area (Å²) in [5.74, 6) is 0. The van der Waals surface area contributed by atoms with Gasteiger partial charge in [0.1, 0.15) is 4.90 Å². The van der Waals surface area contributed by atoms with Crippen molar-refractivity contribution in [2.45, 2.75) is 18.2 Å². The van der Waals surface area contributed by atoms with Gasteiger partial charge in [0.15, 0.2) is 0 Å². The second-order valence-corrected chi connectivity index (χ2v) is 6.28. The van der Waals surface area contributed by atoms with Gasteiger partial charge >= 0.3 is 0 Å². The van der Waals surface area contributed by atoms with Gasteiger partial charge < -0.3 is 10.5 Å². The number of nitrogen functional groups attached to an aromatic ring is 1. The lowest BCUT2D eigenvalue weighted by Gasteiger charge is -2.09. The molecule has 0 spiro atoms. The first-order valence-corrected chi connectivity index (χ1v) is 7.87. The highest BCUT2D eigenvalue weighted by Crippen LogP contribution is 2.22. The van der Waals surface area contributed by atoms with Crippen LogP contribution in [-0.4, -0.2) is 28.2 Å². The minimum atomic E-state index is -3.55. The fraction of sp³-hybridized carbons (Fsp3) is 0.455. The normalized spacial score (nSPS) is 11.7. The number of benzene rings is 1. The van der Waals surface area contributed by atoms with Crippen molar-refractivity contribution in [1.29, 1.82) is 0 Å². The molecule has 7 heteroatoms. The van der Waals surface area contributed by atoms with Gasteiger partial charge in [0.2, 0.25) is 10.0 Å². The number of halogens is 1. The van der Waals surface area contributed by atoms with E-state index < -0.39 is 10.0 Å². The fourth-order valence-corrected chi connectivity index (χ4v) is 2.93. The smallest absolute Gasteiger partial charge is 0.242 e. The van der Waals surface area contributed by atoms with E-state index in [0.29, 0.717) is 26.2 Å². The van der Waals surface area contributed by atoms with Gasteiger partial charge in [-0.1, -0.05) is 15.9 Å². The van der Waals surface area contributed by atoms with Gasteiger partial charge in [-0.05, 0) is 31.5 Å². The zero-order valence-corrected chi connectivity index (χ0v) is 12.6. The van der Waals surface area contributed by atoms with E-state index in [-0.39, 0.29) is 10.6 Å². The van der Waals surface area contributed by atoms with Crippen LogP contribution in [0.5, 0.6) is 0 Å². The van der Waals surface area contributed by atoms with Crippen LogP contribution in [0.2, 0.25) is 0 Å². The van der Waals surface area contributed by atoms with E-state index in [2.05, 4.69) is 20.7 Å². The quantitative estimate of drug-likeness (QED) is 0.587. The van der Waals surface area contributed by atoms with E-state index in [1.165, 1.54) is 6.07 Å². The Morgan fingerprint density at radius 1 is 1.44 bits per heavy atom. The van der Waals surface area contributed by atoms with Crippen molar-refractivity contribution in [3.63, 3.8) is 0 Å². The maximum absolute atomic E-state index is 11.9. The third kappa shape index (κ3) is 4.56. The average molecular weight is 337 g/mol. The molecule has 102 valence electrons. The Bertz CT molecular complexity index is 491. The van der Waals surface area contributed by atoms with Crippen LogP contribution in [0.3, 0.4) is 0 Å². The molecule has 0 amide bonds. The van der Waals surface area contributed by atoms with E-state index >= 15 is 0 Å². The third-order valence-electron chi connectivity index (χ3n) is 2.22. The Hall–Kier alpha value is -0.630. The van der Waals surface area contributed by atoms with Gasteiger partial charge in [0, 0.05) is 24.2 Å². The van der Waals surface area contributed by atoms with Crippen LogP contribution in [0.1, 0.15) is 13.3 Å². The van der Waals surface area contributed by atoms with Crippen molar-refractivity contribution in [1.82, 2.24) is 4.72 Å². The predicted octanol–water partition coefficient (Wildman–Crippen LogP) is 1.74. The van der Waals surface area contributed by atoms with Gasteiger partial charge in [-0.15, -0.1) is 0 Å². The van der Waals surface area contributed by atoms with Gasteiger partial charge in [0.05, 0.1) is 5.69 Å². The molecule has 1 aromatic carbocycles. The Balaban J connectivity index is 2.63. The number of sulfonamides is 1. The van der Waals surface area contributed by atoms with Crippen molar-refractivity contribution in [3.05, 3.63) is 22.7 Å². The molecule has 0 radical (unpaired) electrons. The number of anilines is 1. The summed E-state index contributed by atoms with van der Waals surface area (Å²) in [6.07, 6.45) is 0.628. The zero-order chi connectivity index (χ0) is 13.6. The number of nitrogens with two attached hydrogens (primary N) is 1. The molecule has 3 N–H and O–H groups in total. The first-order chi connectivity index (χ1) is 8.47. The number of rotatable bonds is 7. The van der Waals surface area contributed by atoms with Gasteiger partial charge in [0.25, 0.3) is 0 Å². The van der Waals surface area contributed by atoms with Gasteiger partial charge in [-0.2, -0.15) is 0 Å². The molecule has 0 aliphatic heterocycles. The number of nitrogens with one attached hydrogen (secondary N) is 1. The molecule has 0 atom stereocenters. The molecule has 0 bridgehead atoms. The number of hydrogen-bond donors (Lipinski definition) is 2. The Kier molecular flexibility index (Phi) is 6.07. The first-order valence-electron chi connectivity index (χ1n) is 5.60. The summed E-state index contributed by atoms with van der Waals surface area (Å²) in [7, 11) is -3.55. The summed E-state index contributed by atoms with van der Waals surface area (Å²) in [4.78, 5) is 0.0992. The van der Waals surface area contributed by atoms with E-state index in [1.807, 2.05) is 6.92 Å². The lowest BCUT2D eigenvalue weighted by Crippen LogP contribution is -2.26. The Morgan fingerprint density at radius 2 is 2.17 bits per heavy atom. The van der Waals surface area contributed by atoms with Crippen LogP contribution < -0.4 is 10.5 Å². The van der Waals surface area contributed by atoms with Gasteiger partial charge in [-0.3, -0.25) is 0 Å². The number of hydrogen-bond acceptors (Lipinski definition) is 4. The molecule has 0 saturated carbocycles. The predicted molar refractivity (Wildman–Crippen MR) is 74.9 cm³/mol. The molecule has 0 aliphatic rings. The summed E-state index contributed by atoms with van der Waals surface area (Å²) in [6.45, 7) is 3.39. The molecule has 18 heavy (non-hydrogen) atoms. The van der Waals surface area contributed by atoms with Gasteiger partial charge in [-0.25, -0.2) is 13.1 Å². The van der Waals surface area contributed by atoms with Crippen molar-refractivity contribution in [3.8, 4) is 0 Å². The highest BCUT2D eigenvalue weighted by atomic mass is 79.9. The topological polar surface area (TPSA) is 81.4 Å². The molecule has 0 heterocycles. The monoisotopic (exact) mass is 336 g/mol. The minimum absolute atomic E-state index is 0.0992. The Labute approximate surface area is 116 Å². The molecule has 0 unspecified atom stereocenters. The summed E-state index contributed by atoms with van der Waals surface area (Å²) >= 11 is 3.23. The second-order valence-electron chi connectivity index (χ2n) is 3.63. The van der Waals surface area contributed by atoms with Crippen molar-refractivity contribution >= 4 is 31.6 Å².